The van der Waals surface area contributed by atoms with Crippen molar-refractivity contribution in [3.05, 3.63) is 12.7 Å². The number of carbonyl (C=O) groups is 2. The molecule has 0 aliphatic heterocycles. The van der Waals surface area contributed by atoms with E-state index in [4.69, 9.17) is 33.7 Å². The van der Waals surface area contributed by atoms with Crippen molar-refractivity contribution >= 4 is 36.7 Å². The molecule has 202 valence electrons. The first kappa shape index (κ1) is 29.4. The van der Waals surface area contributed by atoms with Crippen molar-refractivity contribution in [3.8, 4) is 0 Å². The van der Waals surface area contributed by atoms with Gasteiger partial charge in [-0.2, -0.15) is 0 Å². The first-order valence-corrected chi connectivity index (χ1v) is 12.6. The Hall–Kier alpha value is -2.84. The van der Waals surface area contributed by atoms with Gasteiger partial charge in [-0.25, -0.2) is 19.7 Å². The molecule has 2 heterocycles. The number of nitrogen functional groups attached to an aromatic ring is 1. The van der Waals surface area contributed by atoms with E-state index < -0.39 is 63.9 Å². The molecule has 0 radical (unpaired) electrons. The molecule has 2 rings (SSSR count). The van der Waals surface area contributed by atoms with Gasteiger partial charge in [0.1, 0.15) is 18.2 Å². The van der Waals surface area contributed by atoms with Gasteiger partial charge in [0.15, 0.2) is 11.5 Å². The molecule has 0 aliphatic carbocycles. The molecule has 0 aliphatic rings. The molecule has 0 aromatic carbocycles. The molecule has 16 heteroatoms. The second kappa shape index (κ2) is 12.9. The third kappa shape index (κ3) is 8.68. The fourth-order valence-corrected chi connectivity index (χ4v) is 3.58. The van der Waals surface area contributed by atoms with Crippen LogP contribution >= 0.6 is 7.60 Å². The third-order valence-corrected chi connectivity index (χ3v) is 6.01. The molecule has 0 saturated heterocycles. The van der Waals surface area contributed by atoms with Gasteiger partial charge in [-0.3, -0.25) is 18.4 Å². The average molecular weight is 533 g/mol. The smallest absolute Gasteiger partial charge is 0.437 e. The summed E-state index contributed by atoms with van der Waals surface area (Å²) in [6, 6.07) is 0. The average Bonchev–Trinajstić information content (AvgIpc) is 3.21. The largest absolute Gasteiger partial charge is 0.510 e. The molecule has 3 N–H and O–H groups in total. The number of esters is 1. The number of nitrogens with two attached hydrogens (primary N) is 1. The molecule has 0 amide bonds. The standard InChI is InChI=1S/C20H32N5O10P/c1-13(2)35-19(28)31-11-34-36(29,33-10-30-18(27)20(4,5)7-26)12-32-14(3)6-25-9-24-15-16(21)22-8-23-17(15)25/h8-9,13-14,26H,6-7,10-12H2,1-5H3,(H2,21,22,23)/t14-,36?/m1/s1. The van der Waals surface area contributed by atoms with Crippen LogP contribution in [0.1, 0.15) is 34.6 Å². The minimum Gasteiger partial charge on any atom is -0.437 e. The number of aliphatic hydroxyl groups excluding tert-OH is 1. The number of imidazole rings is 1. The van der Waals surface area contributed by atoms with Crippen LogP contribution < -0.4 is 5.73 Å². The topological polar surface area (TPSA) is 196 Å². The van der Waals surface area contributed by atoms with Crippen molar-refractivity contribution in [2.45, 2.75) is 53.4 Å². The highest BCUT2D eigenvalue weighted by molar-refractivity contribution is 7.53. The number of nitrogens with zero attached hydrogens (tertiary/aromatic N) is 4. The van der Waals surface area contributed by atoms with E-state index in [2.05, 4.69) is 15.0 Å². The molecular formula is C20H32N5O10P. The lowest BCUT2D eigenvalue weighted by atomic mass is 9.95. The third-order valence-electron chi connectivity index (χ3n) is 4.55. The molecule has 1 unspecified atom stereocenters. The van der Waals surface area contributed by atoms with Crippen LogP contribution in [0, 0.1) is 5.41 Å². The Morgan fingerprint density at radius 3 is 2.44 bits per heavy atom. The first-order chi connectivity index (χ1) is 16.9. The molecule has 0 saturated carbocycles. The summed E-state index contributed by atoms with van der Waals surface area (Å²) >= 11 is 0. The van der Waals surface area contributed by atoms with Gasteiger partial charge in [0, 0.05) is 0 Å². The number of carbonyl (C=O) groups excluding carboxylic acids is 2. The van der Waals surface area contributed by atoms with Gasteiger partial charge in [0.25, 0.3) is 0 Å². The summed E-state index contributed by atoms with van der Waals surface area (Å²) in [7, 11) is -4.09. The number of anilines is 1. The molecule has 0 spiro atoms. The highest BCUT2D eigenvalue weighted by Gasteiger charge is 2.32. The lowest BCUT2D eigenvalue weighted by molar-refractivity contribution is -0.163. The van der Waals surface area contributed by atoms with Crippen LogP contribution in [-0.2, 0) is 43.9 Å². The second-order valence-electron chi connectivity index (χ2n) is 8.57. The van der Waals surface area contributed by atoms with Crippen LogP contribution in [-0.4, -0.2) is 75.5 Å². The lowest BCUT2D eigenvalue weighted by Gasteiger charge is -2.23. The zero-order valence-corrected chi connectivity index (χ0v) is 21.7. The van der Waals surface area contributed by atoms with Gasteiger partial charge in [0.05, 0.1) is 37.1 Å². The van der Waals surface area contributed by atoms with Gasteiger partial charge < -0.3 is 34.4 Å². The van der Waals surface area contributed by atoms with Crippen molar-refractivity contribution in [1.82, 2.24) is 19.5 Å². The van der Waals surface area contributed by atoms with Crippen molar-refractivity contribution in [3.63, 3.8) is 0 Å². The number of aliphatic hydroxyl groups is 1. The van der Waals surface area contributed by atoms with Crippen LogP contribution in [0.15, 0.2) is 12.7 Å². The highest BCUT2D eigenvalue weighted by atomic mass is 31.2. The van der Waals surface area contributed by atoms with E-state index in [1.807, 2.05) is 0 Å². The Labute approximate surface area is 207 Å². The van der Waals surface area contributed by atoms with Gasteiger partial charge in [-0.15, -0.1) is 0 Å². The zero-order chi connectivity index (χ0) is 26.9. The molecule has 0 bridgehead atoms. The van der Waals surface area contributed by atoms with Crippen molar-refractivity contribution in [2.75, 3.05) is 32.3 Å². The summed E-state index contributed by atoms with van der Waals surface area (Å²) in [4.78, 5) is 35.8. The second-order valence-corrected chi connectivity index (χ2v) is 10.6. The molecule has 2 aromatic heterocycles. The Morgan fingerprint density at radius 1 is 1.14 bits per heavy atom. The maximum absolute atomic E-state index is 13.2. The summed E-state index contributed by atoms with van der Waals surface area (Å²) in [5.74, 6) is -0.551. The number of ether oxygens (including phenoxy) is 4. The van der Waals surface area contributed by atoms with Gasteiger partial charge >= 0.3 is 19.7 Å². The van der Waals surface area contributed by atoms with Crippen LogP contribution in [0.2, 0.25) is 0 Å². The maximum Gasteiger partial charge on any atom is 0.510 e. The van der Waals surface area contributed by atoms with Crippen LogP contribution in [0.3, 0.4) is 0 Å². The number of fused-ring (bicyclic) bond motifs is 1. The predicted octanol–water partition coefficient (Wildman–Crippen LogP) is 2.04. The summed E-state index contributed by atoms with van der Waals surface area (Å²) < 4.78 is 45.3. The fourth-order valence-electron chi connectivity index (χ4n) is 2.49. The van der Waals surface area contributed by atoms with E-state index in [0.29, 0.717) is 11.2 Å². The number of rotatable bonds is 14. The van der Waals surface area contributed by atoms with E-state index in [1.165, 1.54) is 26.5 Å². The predicted molar refractivity (Wildman–Crippen MR) is 124 cm³/mol. The van der Waals surface area contributed by atoms with Crippen molar-refractivity contribution < 1.29 is 47.3 Å². The molecule has 36 heavy (non-hydrogen) atoms. The number of aromatic nitrogens is 4. The number of hydrogen-bond donors (Lipinski definition) is 2. The van der Waals surface area contributed by atoms with Crippen LogP contribution in [0.25, 0.3) is 11.2 Å². The summed E-state index contributed by atoms with van der Waals surface area (Å²) in [6.07, 6.45) is 0.247. The Kier molecular flexibility index (Phi) is 10.5. The van der Waals surface area contributed by atoms with Gasteiger partial charge in [-0.05, 0) is 34.6 Å². The maximum atomic E-state index is 13.2. The Morgan fingerprint density at radius 2 is 1.81 bits per heavy atom. The highest BCUT2D eigenvalue weighted by Crippen LogP contribution is 2.48. The zero-order valence-electron chi connectivity index (χ0n) is 20.8. The quantitative estimate of drug-likeness (QED) is 0.203. The van der Waals surface area contributed by atoms with E-state index in [1.54, 1.807) is 25.3 Å². The van der Waals surface area contributed by atoms with E-state index >= 15 is 0 Å². The fraction of sp³-hybridized carbons (Fsp3) is 0.650. The minimum atomic E-state index is -4.09. The molecule has 0 fully saturated rings. The SMILES string of the molecule is CC(C)OC(=O)OCOP(=O)(CO[C@H](C)Cn1cnc2c(N)ncnc21)OCOC(=O)C(C)(C)CO. The summed E-state index contributed by atoms with van der Waals surface area (Å²) in [6.45, 7) is 6.13. The summed E-state index contributed by atoms with van der Waals surface area (Å²) in [5.41, 5.74) is 5.52. The van der Waals surface area contributed by atoms with Crippen molar-refractivity contribution in [2.24, 2.45) is 5.41 Å². The minimum absolute atomic E-state index is 0.230. The molecular weight excluding hydrogens is 501 g/mol. The molecule has 15 nitrogen and oxygen atoms in total. The van der Waals surface area contributed by atoms with E-state index in [0.717, 1.165) is 0 Å². The molecule has 2 atom stereocenters. The first-order valence-electron chi connectivity index (χ1n) is 10.9. The number of hydrogen-bond acceptors (Lipinski definition) is 14. The van der Waals surface area contributed by atoms with E-state index in [-0.39, 0.29) is 12.4 Å². The molecule has 2 aromatic rings. The lowest BCUT2D eigenvalue weighted by Crippen LogP contribution is -2.30. The van der Waals surface area contributed by atoms with Gasteiger partial charge in [-0.1, -0.05) is 0 Å². The Bertz CT molecular complexity index is 1080. The normalized spacial score (nSPS) is 14.4. The monoisotopic (exact) mass is 533 g/mol. The van der Waals surface area contributed by atoms with Crippen molar-refractivity contribution in [1.29, 1.82) is 0 Å². The van der Waals surface area contributed by atoms with E-state index in [9.17, 15) is 19.3 Å². The van der Waals surface area contributed by atoms with Crippen LogP contribution in [0.4, 0.5) is 10.6 Å². The Balaban J connectivity index is 1.99. The van der Waals surface area contributed by atoms with Crippen LogP contribution in [0.5, 0.6) is 0 Å². The van der Waals surface area contributed by atoms with Gasteiger partial charge in [0.2, 0.25) is 13.6 Å². The summed E-state index contributed by atoms with van der Waals surface area (Å²) in [5, 5.41) is 9.26.